The van der Waals surface area contributed by atoms with Crippen molar-refractivity contribution in [2.24, 2.45) is 5.92 Å². The molecule has 1 aromatic rings. The Balaban J connectivity index is 1.66. The highest BCUT2D eigenvalue weighted by molar-refractivity contribution is 5.02. The maximum Gasteiger partial charge on any atom is 0.120 e. The summed E-state index contributed by atoms with van der Waals surface area (Å²) in [5.41, 5.74) is 0. The van der Waals surface area contributed by atoms with Crippen molar-refractivity contribution < 1.29 is 14.3 Å². The summed E-state index contributed by atoms with van der Waals surface area (Å²) in [6.07, 6.45) is 7.69. The largest absolute Gasteiger partial charge is 0.468 e. The highest BCUT2D eigenvalue weighted by atomic mass is 16.5. The van der Waals surface area contributed by atoms with Gasteiger partial charge in [-0.2, -0.15) is 0 Å². The molecule has 0 aromatic carbocycles. The molecule has 1 heterocycles. The lowest BCUT2D eigenvalue weighted by atomic mass is 9.85. The van der Waals surface area contributed by atoms with Gasteiger partial charge in [-0.05, 0) is 37.8 Å². The molecule has 0 aliphatic heterocycles. The number of furan rings is 1. The van der Waals surface area contributed by atoms with Crippen molar-refractivity contribution in [2.45, 2.75) is 64.2 Å². The van der Waals surface area contributed by atoms with Crippen LogP contribution in [-0.2, 0) is 4.74 Å². The summed E-state index contributed by atoms with van der Waals surface area (Å²) in [5, 5.41) is 13.3. The van der Waals surface area contributed by atoms with Gasteiger partial charge in [-0.3, -0.25) is 0 Å². The molecule has 0 radical (unpaired) electrons. The number of hydrogen-bond donors (Lipinski definition) is 2. The van der Waals surface area contributed by atoms with Crippen LogP contribution in [-0.4, -0.2) is 30.5 Å². The van der Waals surface area contributed by atoms with Crippen molar-refractivity contribution >= 4 is 0 Å². The van der Waals surface area contributed by atoms with Crippen molar-refractivity contribution in [2.75, 3.05) is 13.2 Å². The Morgan fingerprint density at radius 2 is 2.24 bits per heavy atom. The second-order valence-electron chi connectivity index (χ2n) is 6.12. The van der Waals surface area contributed by atoms with E-state index in [4.69, 9.17) is 9.15 Å². The fourth-order valence-corrected chi connectivity index (χ4v) is 3.10. The fourth-order valence-electron chi connectivity index (χ4n) is 3.10. The number of rotatable bonds is 8. The van der Waals surface area contributed by atoms with Gasteiger partial charge in [-0.1, -0.05) is 26.2 Å². The SMILES string of the molecule is CCC1CCCCC1OCC(O)CN[C@H](C)c1ccco1. The third kappa shape index (κ3) is 5.13. The molecule has 2 rings (SSSR count). The summed E-state index contributed by atoms with van der Waals surface area (Å²) in [6, 6.07) is 3.92. The monoisotopic (exact) mass is 295 g/mol. The molecule has 1 aromatic heterocycles. The molecule has 1 aliphatic carbocycles. The van der Waals surface area contributed by atoms with E-state index in [-0.39, 0.29) is 6.04 Å². The first kappa shape index (κ1) is 16.5. The molecule has 2 N–H and O–H groups in total. The van der Waals surface area contributed by atoms with Crippen molar-refractivity contribution in [1.29, 1.82) is 0 Å². The van der Waals surface area contributed by atoms with Crippen molar-refractivity contribution in [1.82, 2.24) is 5.32 Å². The minimum Gasteiger partial charge on any atom is -0.468 e. The molecule has 0 saturated heterocycles. The van der Waals surface area contributed by atoms with Gasteiger partial charge >= 0.3 is 0 Å². The first-order valence-electron chi connectivity index (χ1n) is 8.27. The maximum absolute atomic E-state index is 10.1. The van der Waals surface area contributed by atoms with Gasteiger partial charge in [0.15, 0.2) is 0 Å². The smallest absolute Gasteiger partial charge is 0.120 e. The van der Waals surface area contributed by atoms with Gasteiger partial charge < -0.3 is 19.6 Å². The van der Waals surface area contributed by atoms with Gasteiger partial charge in [0, 0.05) is 6.54 Å². The van der Waals surface area contributed by atoms with E-state index in [1.54, 1.807) is 6.26 Å². The summed E-state index contributed by atoms with van der Waals surface area (Å²) in [5.74, 6) is 1.56. The van der Waals surface area contributed by atoms with Crippen LogP contribution in [0.1, 0.15) is 57.8 Å². The number of hydrogen-bond acceptors (Lipinski definition) is 4. The lowest BCUT2D eigenvalue weighted by molar-refractivity contribution is -0.0503. The Morgan fingerprint density at radius 3 is 2.95 bits per heavy atom. The third-order valence-corrected chi connectivity index (χ3v) is 4.50. The van der Waals surface area contributed by atoms with E-state index in [0.29, 0.717) is 25.2 Å². The van der Waals surface area contributed by atoms with Crippen LogP contribution in [0.4, 0.5) is 0 Å². The maximum atomic E-state index is 10.1. The Kier molecular flexibility index (Phi) is 6.74. The number of aliphatic hydroxyl groups excluding tert-OH is 1. The molecule has 0 amide bonds. The third-order valence-electron chi connectivity index (χ3n) is 4.50. The van der Waals surface area contributed by atoms with Crippen LogP contribution >= 0.6 is 0 Å². The average molecular weight is 295 g/mol. The number of ether oxygens (including phenoxy) is 1. The molecular weight excluding hydrogens is 266 g/mol. The van der Waals surface area contributed by atoms with Gasteiger partial charge in [-0.15, -0.1) is 0 Å². The van der Waals surface area contributed by atoms with E-state index in [1.807, 2.05) is 19.1 Å². The lowest BCUT2D eigenvalue weighted by Gasteiger charge is -2.31. The molecule has 21 heavy (non-hydrogen) atoms. The molecule has 0 bridgehead atoms. The predicted molar refractivity (Wildman–Crippen MR) is 83.1 cm³/mol. The fraction of sp³-hybridized carbons (Fsp3) is 0.765. The van der Waals surface area contributed by atoms with Gasteiger partial charge in [-0.25, -0.2) is 0 Å². The Bertz CT molecular complexity index is 379. The molecule has 120 valence electrons. The zero-order valence-corrected chi connectivity index (χ0v) is 13.3. The Labute approximate surface area is 127 Å². The second-order valence-corrected chi connectivity index (χ2v) is 6.12. The van der Waals surface area contributed by atoms with Gasteiger partial charge in [0.2, 0.25) is 0 Å². The topological polar surface area (TPSA) is 54.6 Å². The van der Waals surface area contributed by atoms with Gasteiger partial charge in [0.25, 0.3) is 0 Å². The standard InChI is InChI=1S/C17H29NO3/c1-3-14-7-4-5-8-17(14)21-12-15(19)11-18-13(2)16-9-6-10-20-16/h6,9-10,13-15,17-19H,3-5,7-8,11-12H2,1-2H3/t13-,14?,15?,17?/m1/s1. The number of aliphatic hydroxyl groups is 1. The average Bonchev–Trinajstić information content (AvgIpc) is 3.05. The van der Waals surface area contributed by atoms with E-state index in [9.17, 15) is 5.11 Å². The molecule has 0 spiro atoms. The van der Waals surface area contributed by atoms with E-state index in [0.717, 1.165) is 12.2 Å². The normalized spacial score (nSPS) is 25.7. The summed E-state index contributed by atoms with van der Waals surface area (Å²) < 4.78 is 11.3. The van der Waals surface area contributed by atoms with Crippen LogP contribution in [0.2, 0.25) is 0 Å². The molecule has 1 fully saturated rings. The molecular formula is C17H29NO3. The summed E-state index contributed by atoms with van der Waals surface area (Å²) in [4.78, 5) is 0. The minimum absolute atomic E-state index is 0.104. The van der Waals surface area contributed by atoms with E-state index >= 15 is 0 Å². The molecule has 4 heteroatoms. The summed E-state index contributed by atoms with van der Waals surface area (Å²) >= 11 is 0. The second kappa shape index (κ2) is 8.57. The Morgan fingerprint density at radius 1 is 1.43 bits per heavy atom. The van der Waals surface area contributed by atoms with E-state index < -0.39 is 6.10 Å². The minimum atomic E-state index is -0.471. The van der Waals surface area contributed by atoms with Crippen molar-refractivity contribution in [3.8, 4) is 0 Å². The van der Waals surface area contributed by atoms with Crippen LogP contribution in [0.25, 0.3) is 0 Å². The van der Waals surface area contributed by atoms with Crippen LogP contribution in [0, 0.1) is 5.92 Å². The first-order valence-corrected chi connectivity index (χ1v) is 8.27. The summed E-state index contributed by atoms with van der Waals surface area (Å²) in [7, 11) is 0. The molecule has 4 nitrogen and oxygen atoms in total. The molecule has 3 unspecified atom stereocenters. The van der Waals surface area contributed by atoms with Crippen LogP contribution in [0.3, 0.4) is 0 Å². The van der Waals surface area contributed by atoms with Crippen molar-refractivity contribution in [3.63, 3.8) is 0 Å². The van der Waals surface area contributed by atoms with Crippen LogP contribution in [0.5, 0.6) is 0 Å². The number of nitrogens with one attached hydrogen (secondary N) is 1. The zero-order valence-electron chi connectivity index (χ0n) is 13.3. The first-order chi connectivity index (χ1) is 10.2. The predicted octanol–water partition coefficient (Wildman–Crippen LogP) is 3.28. The molecule has 1 saturated carbocycles. The summed E-state index contributed by atoms with van der Waals surface area (Å²) in [6.45, 7) is 5.19. The Hall–Kier alpha value is -0.840. The zero-order chi connectivity index (χ0) is 15.1. The van der Waals surface area contributed by atoms with E-state index in [1.165, 1.54) is 25.7 Å². The quantitative estimate of drug-likeness (QED) is 0.773. The molecule has 4 atom stereocenters. The van der Waals surface area contributed by atoms with Gasteiger partial charge in [0.1, 0.15) is 5.76 Å². The van der Waals surface area contributed by atoms with E-state index in [2.05, 4.69) is 12.2 Å². The highest BCUT2D eigenvalue weighted by Crippen LogP contribution is 2.29. The van der Waals surface area contributed by atoms with Crippen LogP contribution < -0.4 is 5.32 Å². The van der Waals surface area contributed by atoms with Crippen LogP contribution in [0.15, 0.2) is 22.8 Å². The molecule has 1 aliphatic rings. The highest BCUT2D eigenvalue weighted by Gasteiger charge is 2.25. The van der Waals surface area contributed by atoms with Crippen molar-refractivity contribution in [3.05, 3.63) is 24.2 Å². The van der Waals surface area contributed by atoms with Gasteiger partial charge in [0.05, 0.1) is 31.1 Å². The lowest BCUT2D eigenvalue weighted by Crippen LogP contribution is -2.35.